The van der Waals surface area contributed by atoms with Gasteiger partial charge in [-0.15, -0.1) is 0 Å². The van der Waals surface area contributed by atoms with Crippen molar-refractivity contribution in [1.29, 1.82) is 0 Å². The molecule has 76 valence electrons. The van der Waals surface area contributed by atoms with E-state index in [1.165, 1.54) is 39.1 Å². The van der Waals surface area contributed by atoms with Crippen molar-refractivity contribution >= 4 is 0 Å². The van der Waals surface area contributed by atoms with E-state index in [1.54, 1.807) is 0 Å². The molecule has 2 aliphatic heterocycles. The van der Waals surface area contributed by atoms with Crippen LogP contribution in [0.1, 0.15) is 13.3 Å². The van der Waals surface area contributed by atoms with Gasteiger partial charge >= 0.3 is 0 Å². The van der Waals surface area contributed by atoms with E-state index in [2.05, 4.69) is 29.1 Å². The van der Waals surface area contributed by atoms with Gasteiger partial charge in [-0.3, -0.25) is 4.90 Å². The summed E-state index contributed by atoms with van der Waals surface area (Å²) in [7, 11) is 2.23. The van der Waals surface area contributed by atoms with E-state index in [1.807, 2.05) is 0 Å². The molecule has 0 aromatic rings. The number of hydrogen-bond donors (Lipinski definition) is 1. The van der Waals surface area contributed by atoms with Crippen molar-refractivity contribution in [3.63, 3.8) is 0 Å². The van der Waals surface area contributed by atoms with Gasteiger partial charge in [0.15, 0.2) is 0 Å². The number of nitrogens with zero attached hydrogens (tertiary/aromatic N) is 2. The standard InChI is InChI=1S/C10H21N3/c1-9-8-13(6-5-12(9)2)10-3-4-11-7-10/h9-11H,3-8H2,1-2H3/t9-,10+/m0/s1. The molecule has 3 heteroatoms. The first kappa shape index (κ1) is 9.44. The minimum atomic E-state index is 0.731. The summed E-state index contributed by atoms with van der Waals surface area (Å²) in [4.78, 5) is 5.11. The van der Waals surface area contributed by atoms with Crippen LogP contribution in [-0.2, 0) is 0 Å². The molecule has 0 aliphatic carbocycles. The third kappa shape index (κ3) is 2.03. The molecule has 1 N–H and O–H groups in total. The second-order valence-corrected chi connectivity index (χ2v) is 4.47. The summed E-state index contributed by atoms with van der Waals surface area (Å²) >= 11 is 0. The van der Waals surface area contributed by atoms with E-state index >= 15 is 0 Å². The summed E-state index contributed by atoms with van der Waals surface area (Å²) in [5.74, 6) is 0. The van der Waals surface area contributed by atoms with E-state index in [0.717, 1.165) is 12.1 Å². The first-order valence-corrected chi connectivity index (χ1v) is 5.42. The Bertz CT molecular complexity index is 166. The van der Waals surface area contributed by atoms with Crippen LogP contribution in [0.15, 0.2) is 0 Å². The van der Waals surface area contributed by atoms with Crippen LogP contribution in [0, 0.1) is 0 Å². The van der Waals surface area contributed by atoms with Crippen LogP contribution in [0.5, 0.6) is 0 Å². The lowest BCUT2D eigenvalue weighted by molar-refractivity contribution is 0.0779. The van der Waals surface area contributed by atoms with Crippen molar-refractivity contribution in [2.24, 2.45) is 0 Å². The number of nitrogens with one attached hydrogen (secondary N) is 1. The highest BCUT2D eigenvalue weighted by molar-refractivity contribution is 4.86. The normalized spacial score (nSPS) is 38.3. The zero-order valence-corrected chi connectivity index (χ0v) is 8.79. The highest BCUT2D eigenvalue weighted by atomic mass is 15.3. The van der Waals surface area contributed by atoms with Crippen LogP contribution in [0.3, 0.4) is 0 Å². The summed E-state index contributed by atoms with van der Waals surface area (Å²) in [5, 5.41) is 3.44. The summed E-state index contributed by atoms with van der Waals surface area (Å²) in [6.45, 7) is 8.49. The van der Waals surface area contributed by atoms with Gasteiger partial charge in [-0.25, -0.2) is 0 Å². The monoisotopic (exact) mass is 183 g/mol. The second kappa shape index (κ2) is 3.95. The van der Waals surface area contributed by atoms with Crippen molar-refractivity contribution in [2.45, 2.75) is 25.4 Å². The number of piperazine rings is 1. The molecule has 2 atom stereocenters. The van der Waals surface area contributed by atoms with E-state index in [4.69, 9.17) is 0 Å². The molecule has 0 bridgehead atoms. The van der Waals surface area contributed by atoms with Gasteiger partial charge in [-0.2, -0.15) is 0 Å². The summed E-state index contributed by atoms with van der Waals surface area (Å²) in [5.41, 5.74) is 0. The maximum atomic E-state index is 3.44. The topological polar surface area (TPSA) is 18.5 Å². The largest absolute Gasteiger partial charge is 0.315 e. The molecule has 13 heavy (non-hydrogen) atoms. The van der Waals surface area contributed by atoms with Crippen LogP contribution < -0.4 is 5.32 Å². The maximum Gasteiger partial charge on any atom is 0.0233 e. The van der Waals surface area contributed by atoms with Crippen molar-refractivity contribution in [1.82, 2.24) is 15.1 Å². The van der Waals surface area contributed by atoms with Gasteiger partial charge in [0.25, 0.3) is 0 Å². The third-order valence-electron chi connectivity index (χ3n) is 3.54. The smallest absolute Gasteiger partial charge is 0.0233 e. The molecule has 0 radical (unpaired) electrons. The first-order chi connectivity index (χ1) is 6.27. The summed E-state index contributed by atoms with van der Waals surface area (Å²) in [6, 6.07) is 1.55. The molecule has 2 rings (SSSR count). The molecule has 2 saturated heterocycles. The Balaban J connectivity index is 1.87. The fraction of sp³-hybridized carbons (Fsp3) is 1.00. The van der Waals surface area contributed by atoms with Gasteiger partial charge in [0.1, 0.15) is 0 Å². The average molecular weight is 183 g/mol. The van der Waals surface area contributed by atoms with E-state index in [0.29, 0.717) is 0 Å². The van der Waals surface area contributed by atoms with E-state index in [9.17, 15) is 0 Å². The zero-order chi connectivity index (χ0) is 9.26. The number of rotatable bonds is 1. The highest BCUT2D eigenvalue weighted by Crippen LogP contribution is 2.14. The van der Waals surface area contributed by atoms with E-state index < -0.39 is 0 Å². The van der Waals surface area contributed by atoms with Gasteiger partial charge in [0.2, 0.25) is 0 Å². The molecule has 2 aliphatic rings. The van der Waals surface area contributed by atoms with Gasteiger partial charge in [0.05, 0.1) is 0 Å². The molecule has 0 aromatic carbocycles. The maximum absolute atomic E-state index is 3.44. The molecule has 2 fully saturated rings. The van der Waals surface area contributed by atoms with Gasteiger partial charge < -0.3 is 10.2 Å². The minimum absolute atomic E-state index is 0.731. The lowest BCUT2D eigenvalue weighted by Gasteiger charge is -2.40. The van der Waals surface area contributed by atoms with Gasteiger partial charge in [-0.1, -0.05) is 0 Å². The molecular weight excluding hydrogens is 162 g/mol. The van der Waals surface area contributed by atoms with Crippen LogP contribution in [0.25, 0.3) is 0 Å². The molecule has 0 aromatic heterocycles. The van der Waals surface area contributed by atoms with Crippen molar-refractivity contribution in [3.05, 3.63) is 0 Å². The minimum Gasteiger partial charge on any atom is -0.315 e. The Morgan fingerprint density at radius 3 is 2.77 bits per heavy atom. The summed E-state index contributed by atoms with van der Waals surface area (Å²) < 4.78 is 0. The predicted molar refractivity (Wildman–Crippen MR) is 54.9 cm³/mol. The lowest BCUT2D eigenvalue weighted by Crippen LogP contribution is -2.53. The SMILES string of the molecule is C[C@H]1CN([C@@H]2CCNC2)CCN1C. The molecular formula is C10H21N3. The van der Waals surface area contributed by atoms with Crippen LogP contribution in [0.2, 0.25) is 0 Å². The third-order valence-corrected chi connectivity index (χ3v) is 3.54. The van der Waals surface area contributed by atoms with E-state index in [-0.39, 0.29) is 0 Å². The fourth-order valence-corrected chi connectivity index (χ4v) is 2.36. The van der Waals surface area contributed by atoms with Gasteiger partial charge in [-0.05, 0) is 26.9 Å². The Morgan fingerprint density at radius 2 is 2.15 bits per heavy atom. The van der Waals surface area contributed by atoms with Crippen molar-refractivity contribution in [3.8, 4) is 0 Å². The second-order valence-electron chi connectivity index (χ2n) is 4.47. The van der Waals surface area contributed by atoms with Crippen LogP contribution >= 0.6 is 0 Å². The number of likely N-dealkylation sites (N-methyl/N-ethyl adjacent to an activating group) is 1. The Kier molecular flexibility index (Phi) is 2.86. The molecule has 0 saturated carbocycles. The highest BCUT2D eigenvalue weighted by Gasteiger charge is 2.27. The molecule has 0 unspecified atom stereocenters. The predicted octanol–water partition coefficient (Wildman–Crippen LogP) is -0.0158. The Labute approximate surface area is 81.1 Å². The quantitative estimate of drug-likeness (QED) is 0.616. The van der Waals surface area contributed by atoms with Crippen LogP contribution in [-0.4, -0.2) is 61.7 Å². The fourth-order valence-electron chi connectivity index (χ4n) is 2.36. The Hall–Kier alpha value is -0.120. The van der Waals surface area contributed by atoms with Crippen molar-refractivity contribution in [2.75, 3.05) is 39.8 Å². The lowest BCUT2D eigenvalue weighted by atomic mass is 10.1. The number of hydrogen-bond acceptors (Lipinski definition) is 3. The molecule has 2 heterocycles. The Morgan fingerprint density at radius 1 is 1.31 bits per heavy atom. The molecule has 0 amide bonds. The van der Waals surface area contributed by atoms with Gasteiger partial charge in [0, 0.05) is 38.3 Å². The molecule has 0 spiro atoms. The molecule has 3 nitrogen and oxygen atoms in total. The average Bonchev–Trinajstić information content (AvgIpc) is 2.62. The first-order valence-electron chi connectivity index (χ1n) is 5.42. The summed E-state index contributed by atoms with van der Waals surface area (Å²) in [6.07, 6.45) is 1.34. The van der Waals surface area contributed by atoms with Crippen molar-refractivity contribution < 1.29 is 0 Å². The van der Waals surface area contributed by atoms with Crippen LogP contribution in [0.4, 0.5) is 0 Å². The zero-order valence-electron chi connectivity index (χ0n) is 8.79.